The second kappa shape index (κ2) is 8.11. The number of halogens is 3. The Morgan fingerprint density at radius 1 is 1.52 bits per heavy atom. The minimum Gasteiger partial charge on any atom is -0.338 e. The van der Waals surface area contributed by atoms with Crippen LogP contribution in [0, 0.1) is 17.7 Å². The van der Waals surface area contributed by atoms with Crippen LogP contribution in [0.15, 0.2) is 22.7 Å². The van der Waals surface area contributed by atoms with Crippen LogP contribution in [0.1, 0.15) is 19.4 Å². The molecule has 1 amide bonds. The lowest BCUT2D eigenvalue weighted by molar-refractivity contribution is -0.137. The van der Waals surface area contributed by atoms with Crippen molar-refractivity contribution < 1.29 is 9.18 Å². The summed E-state index contributed by atoms with van der Waals surface area (Å²) in [5.74, 6) is 0.242. The molecule has 21 heavy (non-hydrogen) atoms. The molecule has 0 spiro atoms. The molecule has 0 aliphatic carbocycles. The van der Waals surface area contributed by atoms with Gasteiger partial charge in [0.1, 0.15) is 5.82 Å². The summed E-state index contributed by atoms with van der Waals surface area (Å²) < 4.78 is 14.6. The van der Waals surface area contributed by atoms with E-state index in [1.165, 1.54) is 6.07 Å². The lowest BCUT2D eigenvalue weighted by Gasteiger charge is -2.34. The number of carbonyl (C=O) groups excluding carboxylic acids is 1. The van der Waals surface area contributed by atoms with Crippen molar-refractivity contribution in [3.8, 4) is 0 Å². The number of benzene rings is 1. The molecule has 0 saturated carbocycles. The molecule has 1 aromatic carbocycles. The third-order valence-electron chi connectivity index (χ3n) is 3.97. The standard InChI is InChI=1S/C15H20BrFN2O.ClH/c1-3-19(15(20)10(2)12-7-18-8-12)9-11-6-13(16)4-5-14(11)17;/h4-6,10,12,18H,3,7-9H2,1-2H3;1H. The Hall–Kier alpha value is -0.650. The van der Waals surface area contributed by atoms with E-state index in [-0.39, 0.29) is 30.0 Å². The fourth-order valence-corrected chi connectivity index (χ4v) is 2.78. The lowest BCUT2D eigenvalue weighted by atomic mass is 9.88. The fraction of sp³-hybridized carbons (Fsp3) is 0.533. The number of carbonyl (C=O) groups is 1. The van der Waals surface area contributed by atoms with Crippen LogP contribution in [0.2, 0.25) is 0 Å². The van der Waals surface area contributed by atoms with Crippen LogP contribution in [0.3, 0.4) is 0 Å². The molecule has 3 nitrogen and oxygen atoms in total. The Bertz CT molecular complexity index is 497. The molecule has 1 aromatic rings. The van der Waals surface area contributed by atoms with Crippen molar-refractivity contribution in [2.75, 3.05) is 19.6 Å². The first-order valence-corrected chi connectivity index (χ1v) is 7.75. The van der Waals surface area contributed by atoms with E-state index in [2.05, 4.69) is 21.2 Å². The van der Waals surface area contributed by atoms with Crippen molar-refractivity contribution >= 4 is 34.2 Å². The van der Waals surface area contributed by atoms with E-state index >= 15 is 0 Å². The van der Waals surface area contributed by atoms with Gasteiger partial charge in [-0.1, -0.05) is 22.9 Å². The van der Waals surface area contributed by atoms with E-state index in [1.54, 1.807) is 17.0 Å². The van der Waals surface area contributed by atoms with Crippen LogP contribution in [-0.2, 0) is 11.3 Å². The number of hydrogen-bond acceptors (Lipinski definition) is 2. The van der Waals surface area contributed by atoms with Gasteiger partial charge in [-0.25, -0.2) is 4.39 Å². The zero-order valence-electron chi connectivity index (χ0n) is 12.2. The molecule has 0 radical (unpaired) electrons. The summed E-state index contributed by atoms with van der Waals surface area (Å²) in [5.41, 5.74) is 0.550. The molecule has 1 saturated heterocycles. The normalized spacial score (nSPS) is 15.8. The van der Waals surface area contributed by atoms with Gasteiger partial charge in [0.2, 0.25) is 5.91 Å². The fourth-order valence-electron chi connectivity index (χ4n) is 2.37. The zero-order valence-corrected chi connectivity index (χ0v) is 14.6. The molecule has 1 N–H and O–H groups in total. The summed E-state index contributed by atoms with van der Waals surface area (Å²) in [6.07, 6.45) is 0. The van der Waals surface area contributed by atoms with Gasteiger partial charge in [0.05, 0.1) is 0 Å². The van der Waals surface area contributed by atoms with Crippen LogP contribution >= 0.6 is 28.3 Å². The molecule has 0 bridgehead atoms. The average Bonchev–Trinajstić information content (AvgIpc) is 2.37. The average molecular weight is 380 g/mol. The van der Waals surface area contributed by atoms with Crippen LogP contribution in [0.25, 0.3) is 0 Å². The van der Waals surface area contributed by atoms with Gasteiger partial charge in [-0.3, -0.25) is 4.79 Å². The Labute approximate surface area is 139 Å². The minimum atomic E-state index is -0.266. The van der Waals surface area contributed by atoms with Gasteiger partial charge in [-0.2, -0.15) is 0 Å². The van der Waals surface area contributed by atoms with Crippen LogP contribution in [0.5, 0.6) is 0 Å². The smallest absolute Gasteiger partial charge is 0.226 e. The Kier molecular flexibility index (Phi) is 7.10. The second-order valence-electron chi connectivity index (χ2n) is 5.30. The minimum absolute atomic E-state index is 0. The molecule has 0 aromatic heterocycles. The first kappa shape index (κ1) is 18.4. The summed E-state index contributed by atoms with van der Waals surface area (Å²) in [6.45, 7) is 6.61. The molecule has 1 aliphatic heterocycles. The molecular formula is C15H21BrClFN2O. The Balaban J connectivity index is 0.00000220. The van der Waals surface area contributed by atoms with Gasteiger partial charge in [0.15, 0.2) is 0 Å². The molecule has 1 fully saturated rings. The summed E-state index contributed by atoms with van der Waals surface area (Å²) in [4.78, 5) is 14.2. The monoisotopic (exact) mass is 378 g/mol. The second-order valence-corrected chi connectivity index (χ2v) is 6.21. The van der Waals surface area contributed by atoms with E-state index in [4.69, 9.17) is 0 Å². The van der Waals surface area contributed by atoms with Gasteiger partial charge in [-0.05, 0) is 44.1 Å². The topological polar surface area (TPSA) is 32.3 Å². The maximum atomic E-state index is 13.8. The number of nitrogens with zero attached hydrogens (tertiary/aromatic N) is 1. The van der Waals surface area contributed by atoms with Crippen molar-refractivity contribution in [3.63, 3.8) is 0 Å². The van der Waals surface area contributed by atoms with Crippen LogP contribution in [-0.4, -0.2) is 30.4 Å². The Morgan fingerprint density at radius 2 is 2.19 bits per heavy atom. The molecule has 1 atom stereocenters. The SMILES string of the molecule is CCN(Cc1cc(Br)ccc1F)C(=O)C(C)C1CNC1.Cl. The van der Waals surface area contributed by atoms with Gasteiger partial charge < -0.3 is 10.2 Å². The van der Waals surface area contributed by atoms with E-state index in [9.17, 15) is 9.18 Å². The van der Waals surface area contributed by atoms with Crippen molar-refractivity contribution in [1.82, 2.24) is 10.2 Å². The zero-order chi connectivity index (χ0) is 14.7. The quantitative estimate of drug-likeness (QED) is 0.852. The van der Waals surface area contributed by atoms with Crippen LogP contribution in [0.4, 0.5) is 4.39 Å². The summed E-state index contributed by atoms with van der Waals surface area (Å²) in [6, 6.07) is 4.83. The van der Waals surface area contributed by atoms with Gasteiger partial charge in [0, 0.05) is 29.0 Å². The molecule has 1 heterocycles. The first-order chi connectivity index (χ1) is 9.52. The highest BCUT2D eigenvalue weighted by atomic mass is 79.9. The van der Waals surface area contributed by atoms with Crippen molar-refractivity contribution in [3.05, 3.63) is 34.1 Å². The van der Waals surface area contributed by atoms with E-state index < -0.39 is 0 Å². The largest absolute Gasteiger partial charge is 0.338 e. The van der Waals surface area contributed by atoms with Gasteiger partial charge in [0.25, 0.3) is 0 Å². The predicted octanol–water partition coefficient (Wildman–Crippen LogP) is 3.21. The van der Waals surface area contributed by atoms with Gasteiger partial charge in [-0.15, -0.1) is 12.4 Å². The highest BCUT2D eigenvalue weighted by molar-refractivity contribution is 9.10. The molecule has 118 valence electrons. The van der Waals surface area contributed by atoms with E-state index in [0.717, 1.165) is 17.6 Å². The number of amides is 1. The number of nitrogens with one attached hydrogen (secondary N) is 1. The molecule has 1 aliphatic rings. The lowest BCUT2D eigenvalue weighted by Crippen LogP contribution is -2.50. The Morgan fingerprint density at radius 3 is 2.71 bits per heavy atom. The predicted molar refractivity (Wildman–Crippen MR) is 88.0 cm³/mol. The summed E-state index contributed by atoms with van der Waals surface area (Å²) in [5, 5.41) is 3.18. The summed E-state index contributed by atoms with van der Waals surface area (Å²) in [7, 11) is 0. The third kappa shape index (κ3) is 4.41. The third-order valence-corrected chi connectivity index (χ3v) is 4.47. The highest BCUT2D eigenvalue weighted by Crippen LogP contribution is 2.21. The summed E-state index contributed by atoms with van der Waals surface area (Å²) >= 11 is 3.34. The maximum absolute atomic E-state index is 13.8. The highest BCUT2D eigenvalue weighted by Gasteiger charge is 2.31. The molecule has 1 unspecified atom stereocenters. The van der Waals surface area contributed by atoms with Crippen molar-refractivity contribution in [2.45, 2.75) is 20.4 Å². The van der Waals surface area contributed by atoms with E-state index in [0.29, 0.717) is 24.6 Å². The molecular weight excluding hydrogens is 359 g/mol. The van der Waals surface area contributed by atoms with Crippen molar-refractivity contribution in [1.29, 1.82) is 0 Å². The van der Waals surface area contributed by atoms with Crippen molar-refractivity contribution in [2.24, 2.45) is 11.8 Å². The number of rotatable bonds is 5. The van der Waals surface area contributed by atoms with Gasteiger partial charge >= 0.3 is 0 Å². The van der Waals surface area contributed by atoms with E-state index in [1.807, 2.05) is 13.8 Å². The first-order valence-electron chi connectivity index (χ1n) is 6.96. The molecule has 6 heteroatoms. The maximum Gasteiger partial charge on any atom is 0.226 e. The molecule has 2 rings (SSSR count). The number of hydrogen-bond donors (Lipinski definition) is 1. The van der Waals surface area contributed by atoms with Crippen LogP contribution < -0.4 is 5.32 Å².